The molecule has 1 aromatic carbocycles. The van der Waals surface area contributed by atoms with Crippen molar-refractivity contribution in [3.05, 3.63) is 29.3 Å². The second kappa shape index (κ2) is 6.29. The number of hydrogen-bond donors (Lipinski definition) is 0. The minimum Gasteiger partial charge on any atom is -0.405 e. The molecular weight excluding hydrogens is 292 g/mol. The maximum Gasteiger partial charge on any atom is 0.573 e. The van der Waals surface area contributed by atoms with Crippen LogP contribution in [0, 0.1) is 0 Å². The van der Waals surface area contributed by atoms with Crippen molar-refractivity contribution < 1.29 is 22.7 Å². The number of carbonyl (C=O) groups excluding carboxylic acids is 1. The molecule has 0 aliphatic heterocycles. The van der Waals surface area contributed by atoms with Crippen molar-refractivity contribution in [1.29, 1.82) is 0 Å². The summed E-state index contributed by atoms with van der Waals surface area (Å²) >= 11 is 11.0. The van der Waals surface area contributed by atoms with Crippen LogP contribution in [0.25, 0.3) is 0 Å². The van der Waals surface area contributed by atoms with Crippen LogP contribution < -0.4 is 4.74 Å². The highest BCUT2D eigenvalue weighted by Gasteiger charge is 2.32. The Hall–Kier alpha value is -0.940. The molecule has 100 valence electrons. The minimum absolute atomic E-state index is 0.0139. The van der Waals surface area contributed by atoms with Gasteiger partial charge in [-0.1, -0.05) is 12.1 Å². The first-order valence-electron chi connectivity index (χ1n) is 4.87. The molecule has 0 N–H and O–H groups in total. The van der Waals surface area contributed by atoms with E-state index in [0.29, 0.717) is 5.56 Å². The van der Waals surface area contributed by atoms with Gasteiger partial charge in [0.1, 0.15) is 5.75 Å². The summed E-state index contributed by atoms with van der Waals surface area (Å²) in [5.41, 5.74) is 0.535. The van der Waals surface area contributed by atoms with Crippen molar-refractivity contribution in [2.45, 2.75) is 18.7 Å². The van der Waals surface area contributed by atoms with Gasteiger partial charge in [0.25, 0.3) is 0 Å². The number of carbonyl (C=O) groups is 1. The van der Waals surface area contributed by atoms with Crippen LogP contribution in [0.5, 0.6) is 5.75 Å². The van der Waals surface area contributed by atoms with E-state index in [1.807, 2.05) is 0 Å². The van der Waals surface area contributed by atoms with E-state index in [9.17, 15) is 18.0 Å². The lowest BCUT2D eigenvalue weighted by molar-refractivity contribution is -0.274. The van der Waals surface area contributed by atoms with E-state index in [1.54, 1.807) is 0 Å². The summed E-state index contributed by atoms with van der Waals surface area (Å²) in [6.07, 6.45) is -5.05. The Balaban J connectivity index is 3.12. The Labute approximate surface area is 112 Å². The molecule has 0 aliphatic rings. The normalized spacial score (nSPS) is 11.4. The summed E-state index contributed by atoms with van der Waals surface area (Å²) in [5, 5.41) is 0. The second-order valence-corrected chi connectivity index (χ2v) is 3.96. The van der Waals surface area contributed by atoms with Gasteiger partial charge < -0.3 is 4.74 Å². The lowest BCUT2D eigenvalue weighted by atomic mass is 10.0. The molecule has 0 atom stereocenters. The number of ether oxygens (including phenoxy) is 1. The van der Waals surface area contributed by atoms with E-state index in [4.69, 9.17) is 23.2 Å². The number of alkyl halides is 5. The molecule has 1 aromatic rings. The molecule has 0 radical (unpaired) electrons. The molecule has 0 unspecified atom stereocenters. The fraction of sp³-hybridized carbons (Fsp3) is 0.364. The summed E-state index contributed by atoms with van der Waals surface area (Å²) in [6, 6.07) is 4.06. The Morgan fingerprint density at radius 3 is 2.44 bits per heavy atom. The highest BCUT2D eigenvalue weighted by Crippen LogP contribution is 2.30. The van der Waals surface area contributed by atoms with Gasteiger partial charge in [0.05, 0.1) is 5.88 Å². The monoisotopic (exact) mass is 300 g/mol. The molecule has 0 saturated carbocycles. The highest BCUT2D eigenvalue weighted by molar-refractivity contribution is 6.27. The van der Waals surface area contributed by atoms with Crippen molar-refractivity contribution in [3.63, 3.8) is 0 Å². The molecule has 0 saturated heterocycles. The molecular formula is C11H9Cl2F3O2. The maximum absolute atomic E-state index is 12.2. The van der Waals surface area contributed by atoms with Gasteiger partial charge in [-0.2, -0.15) is 0 Å². The van der Waals surface area contributed by atoms with E-state index in [1.165, 1.54) is 12.1 Å². The molecule has 18 heavy (non-hydrogen) atoms. The van der Waals surface area contributed by atoms with E-state index in [2.05, 4.69) is 4.74 Å². The Bertz CT molecular complexity index is 433. The summed E-state index contributed by atoms with van der Waals surface area (Å²) < 4.78 is 40.5. The first kappa shape index (κ1) is 15.1. The zero-order valence-corrected chi connectivity index (χ0v) is 10.6. The Morgan fingerprint density at radius 1 is 1.28 bits per heavy atom. The van der Waals surface area contributed by atoms with Gasteiger partial charge in [-0.3, -0.25) is 4.79 Å². The van der Waals surface area contributed by atoms with Gasteiger partial charge >= 0.3 is 6.36 Å². The molecule has 1 rings (SSSR count). The zero-order valence-electron chi connectivity index (χ0n) is 9.06. The van der Waals surface area contributed by atoms with E-state index >= 15 is 0 Å². The van der Waals surface area contributed by atoms with Crippen LogP contribution in [0.3, 0.4) is 0 Å². The summed E-state index contributed by atoms with van der Waals surface area (Å²) in [4.78, 5) is 11.3. The molecule has 0 bridgehead atoms. The third-order valence-electron chi connectivity index (χ3n) is 2.12. The third-order valence-corrected chi connectivity index (χ3v) is 2.71. The van der Waals surface area contributed by atoms with Gasteiger partial charge in [-0.15, -0.1) is 36.4 Å². The number of halogens is 5. The lowest BCUT2D eigenvalue weighted by Gasteiger charge is -2.15. The fourth-order valence-electron chi connectivity index (χ4n) is 1.40. The summed E-state index contributed by atoms with van der Waals surface area (Å²) in [7, 11) is 0. The topological polar surface area (TPSA) is 26.3 Å². The van der Waals surface area contributed by atoms with Crippen LogP contribution in [0.4, 0.5) is 13.2 Å². The fourth-order valence-corrected chi connectivity index (χ4v) is 1.75. The largest absolute Gasteiger partial charge is 0.573 e. The van der Waals surface area contributed by atoms with Crippen molar-refractivity contribution >= 4 is 29.0 Å². The van der Waals surface area contributed by atoms with Crippen molar-refractivity contribution in [2.75, 3.05) is 5.88 Å². The summed E-state index contributed by atoms with van der Waals surface area (Å²) in [6.45, 7) is 0. The van der Waals surface area contributed by atoms with Crippen molar-refractivity contribution in [1.82, 2.24) is 0 Å². The molecule has 0 heterocycles. The first-order valence-corrected chi connectivity index (χ1v) is 5.94. The van der Waals surface area contributed by atoms with Crippen LogP contribution in [0.15, 0.2) is 18.2 Å². The van der Waals surface area contributed by atoms with E-state index < -0.39 is 17.9 Å². The zero-order chi connectivity index (χ0) is 13.8. The predicted molar refractivity (Wildman–Crippen MR) is 62.1 cm³/mol. The standard InChI is InChI=1S/C11H9Cl2F3O2/c12-5-7-2-1-3-10(18-11(14,15)16)9(7)4-8(17)6-13/h1-3H,4-6H2. The van der Waals surface area contributed by atoms with Crippen LogP contribution in [-0.4, -0.2) is 18.0 Å². The quantitative estimate of drug-likeness (QED) is 0.776. The smallest absolute Gasteiger partial charge is 0.405 e. The second-order valence-electron chi connectivity index (χ2n) is 3.42. The number of ketones is 1. The van der Waals surface area contributed by atoms with Crippen LogP contribution in [0.1, 0.15) is 11.1 Å². The van der Waals surface area contributed by atoms with Gasteiger partial charge in [-0.05, 0) is 11.6 Å². The molecule has 0 fully saturated rings. The van der Waals surface area contributed by atoms with Crippen molar-refractivity contribution in [2.24, 2.45) is 0 Å². The molecule has 0 spiro atoms. The molecule has 2 nitrogen and oxygen atoms in total. The average molecular weight is 301 g/mol. The molecule has 7 heteroatoms. The predicted octanol–water partition coefficient (Wildman–Crippen LogP) is 3.67. The van der Waals surface area contributed by atoms with Gasteiger partial charge in [0.15, 0.2) is 5.78 Å². The molecule has 0 aliphatic carbocycles. The van der Waals surface area contributed by atoms with E-state index in [0.717, 1.165) is 6.07 Å². The van der Waals surface area contributed by atoms with Gasteiger partial charge in [-0.25, -0.2) is 0 Å². The summed E-state index contributed by atoms with van der Waals surface area (Å²) in [5.74, 6) is -1.11. The average Bonchev–Trinajstić information content (AvgIpc) is 2.29. The number of rotatable bonds is 5. The lowest BCUT2D eigenvalue weighted by Crippen LogP contribution is -2.19. The number of hydrogen-bond acceptors (Lipinski definition) is 2. The Morgan fingerprint density at radius 2 is 1.94 bits per heavy atom. The first-order chi connectivity index (χ1) is 8.37. The maximum atomic E-state index is 12.2. The van der Waals surface area contributed by atoms with Gasteiger partial charge in [0, 0.05) is 17.9 Å². The molecule has 0 aromatic heterocycles. The van der Waals surface area contributed by atoms with Crippen LogP contribution in [0.2, 0.25) is 0 Å². The van der Waals surface area contributed by atoms with Crippen LogP contribution >= 0.6 is 23.2 Å². The van der Waals surface area contributed by atoms with E-state index in [-0.39, 0.29) is 23.7 Å². The number of benzene rings is 1. The highest BCUT2D eigenvalue weighted by atomic mass is 35.5. The Kier molecular flexibility index (Phi) is 5.28. The van der Waals surface area contributed by atoms with Crippen LogP contribution in [-0.2, 0) is 17.1 Å². The minimum atomic E-state index is -4.82. The SMILES string of the molecule is O=C(CCl)Cc1c(CCl)cccc1OC(F)(F)F. The van der Waals surface area contributed by atoms with Crippen molar-refractivity contribution in [3.8, 4) is 5.75 Å². The third kappa shape index (κ3) is 4.38. The van der Waals surface area contributed by atoms with Gasteiger partial charge in [0.2, 0.25) is 0 Å². The molecule has 0 amide bonds. The number of Topliss-reactive ketones (excluding diaryl/α,β-unsaturated/α-hetero) is 1.